The molecule has 7 nitrogen and oxygen atoms in total. The SMILES string of the molecule is Cl.O=C(CCn1[nH]c(=O)c2ccccc2c1=O)NCCNC1CCCCCC1. The van der Waals surface area contributed by atoms with Crippen molar-refractivity contribution < 1.29 is 4.79 Å². The molecule has 1 saturated carbocycles. The Morgan fingerprint density at radius 3 is 2.43 bits per heavy atom. The number of nitrogens with one attached hydrogen (secondary N) is 3. The summed E-state index contributed by atoms with van der Waals surface area (Å²) in [4.78, 5) is 36.5. The lowest BCUT2D eigenvalue weighted by Gasteiger charge is -2.16. The molecule has 0 saturated heterocycles. The smallest absolute Gasteiger partial charge is 0.273 e. The second-order valence-electron chi connectivity index (χ2n) is 7.19. The van der Waals surface area contributed by atoms with Crippen LogP contribution in [0.2, 0.25) is 0 Å². The number of hydrogen-bond donors (Lipinski definition) is 3. The number of benzene rings is 1. The van der Waals surface area contributed by atoms with Crippen LogP contribution in [0.5, 0.6) is 0 Å². The van der Waals surface area contributed by atoms with Gasteiger partial charge in [-0.2, -0.15) is 0 Å². The quantitative estimate of drug-likeness (QED) is 0.481. The molecule has 1 aromatic carbocycles. The second kappa shape index (κ2) is 11.0. The number of rotatable bonds is 7. The van der Waals surface area contributed by atoms with Crippen molar-refractivity contribution in [2.75, 3.05) is 13.1 Å². The molecule has 3 N–H and O–H groups in total. The predicted molar refractivity (Wildman–Crippen MR) is 113 cm³/mol. The molecular formula is C20H29ClN4O3. The summed E-state index contributed by atoms with van der Waals surface area (Å²) in [7, 11) is 0. The van der Waals surface area contributed by atoms with Gasteiger partial charge >= 0.3 is 0 Å². The van der Waals surface area contributed by atoms with E-state index in [2.05, 4.69) is 15.7 Å². The molecular weight excluding hydrogens is 380 g/mol. The van der Waals surface area contributed by atoms with Gasteiger partial charge in [-0.05, 0) is 25.0 Å². The summed E-state index contributed by atoms with van der Waals surface area (Å²) in [6.07, 6.45) is 7.79. The highest BCUT2D eigenvalue weighted by Gasteiger charge is 2.11. The standard InChI is InChI=1S/C20H28N4O3.ClH/c25-18(22-13-12-21-15-7-3-1-2-4-8-15)11-14-24-20(27)17-10-6-5-9-16(17)19(26)23-24;/h5-6,9-10,15,21H,1-4,7-8,11-14H2,(H,22,25)(H,23,26);1H. The minimum atomic E-state index is -0.321. The highest BCUT2D eigenvalue weighted by molar-refractivity contribution is 5.85. The topological polar surface area (TPSA) is 96.0 Å². The lowest BCUT2D eigenvalue weighted by Crippen LogP contribution is -2.37. The lowest BCUT2D eigenvalue weighted by atomic mass is 10.1. The number of nitrogens with zero attached hydrogens (tertiary/aromatic N) is 1. The van der Waals surface area contributed by atoms with Crippen LogP contribution < -0.4 is 21.8 Å². The molecule has 154 valence electrons. The van der Waals surface area contributed by atoms with Crippen molar-refractivity contribution in [3.05, 3.63) is 45.0 Å². The van der Waals surface area contributed by atoms with Crippen LogP contribution >= 0.6 is 12.4 Å². The van der Waals surface area contributed by atoms with Crippen molar-refractivity contribution >= 4 is 29.1 Å². The van der Waals surface area contributed by atoms with Gasteiger partial charge < -0.3 is 10.6 Å². The number of aryl methyl sites for hydroxylation is 1. The Balaban J connectivity index is 0.00000280. The number of halogens is 1. The second-order valence-corrected chi connectivity index (χ2v) is 7.19. The Kier molecular flexibility index (Phi) is 8.73. The van der Waals surface area contributed by atoms with Crippen molar-refractivity contribution in [2.24, 2.45) is 0 Å². The third-order valence-electron chi connectivity index (χ3n) is 5.18. The van der Waals surface area contributed by atoms with Gasteiger partial charge in [0, 0.05) is 25.6 Å². The van der Waals surface area contributed by atoms with Crippen LogP contribution in [0, 0.1) is 0 Å². The van der Waals surface area contributed by atoms with Gasteiger partial charge in [-0.3, -0.25) is 19.5 Å². The summed E-state index contributed by atoms with van der Waals surface area (Å²) in [5, 5.41) is 9.66. The van der Waals surface area contributed by atoms with E-state index < -0.39 is 0 Å². The molecule has 8 heteroatoms. The van der Waals surface area contributed by atoms with Gasteiger partial charge in [0.15, 0.2) is 0 Å². The normalized spacial score (nSPS) is 15.0. The van der Waals surface area contributed by atoms with Crippen molar-refractivity contribution in [1.82, 2.24) is 20.4 Å². The molecule has 0 spiro atoms. The number of fused-ring (bicyclic) bond motifs is 1. The molecule has 2 aromatic rings. The Bertz CT molecular complexity index is 885. The third kappa shape index (κ3) is 5.94. The fraction of sp³-hybridized carbons (Fsp3) is 0.550. The van der Waals surface area contributed by atoms with E-state index in [1.165, 1.54) is 43.2 Å². The number of hydrogen-bond acceptors (Lipinski definition) is 4. The summed E-state index contributed by atoms with van der Waals surface area (Å²) in [5.41, 5.74) is -0.605. The molecule has 1 aliphatic rings. The fourth-order valence-corrected chi connectivity index (χ4v) is 3.67. The van der Waals surface area contributed by atoms with Crippen molar-refractivity contribution in [2.45, 2.75) is 57.5 Å². The largest absolute Gasteiger partial charge is 0.355 e. The Hall–Kier alpha value is -2.12. The number of aromatic amines is 1. The summed E-state index contributed by atoms with van der Waals surface area (Å²) in [6, 6.07) is 7.25. The minimum Gasteiger partial charge on any atom is -0.355 e. The van der Waals surface area contributed by atoms with E-state index in [4.69, 9.17) is 0 Å². The fourth-order valence-electron chi connectivity index (χ4n) is 3.67. The molecule has 0 atom stereocenters. The molecule has 0 aliphatic heterocycles. The first-order valence-corrected chi connectivity index (χ1v) is 9.87. The Labute approximate surface area is 170 Å². The molecule has 1 heterocycles. The Morgan fingerprint density at radius 1 is 1.04 bits per heavy atom. The van der Waals surface area contributed by atoms with Crippen LogP contribution in [-0.4, -0.2) is 34.8 Å². The van der Waals surface area contributed by atoms with Crippen molar-refractivity contribution in [1.29, 1.82) is 0 Å². The van der Waals surface area contributed by atoms with Gasteiger partial charge in [0.25, 0.3) is 11.1 Å². The van der Waals surface area contributed by atoms with Crippen molar-refractivity contribution in [3.8, 4) is 0 Å². The number of aromatic nitrogens is 2. The molecule has 0 unspecified atom stereocenters. The molecule has 28 heavy (non-hydrogen) atoms. The van der Waals surface area contributed by atoms with E-state index in [0.717, 1.165) is 6.54 Å². The first-order chi connectivity index (χ1) is 13.1. The van der Waals surface area contributed by atoms with E-state index >= 15 is 0 Å². The molecule has 1 aromatic heterocycles. The Morgan fingerprint density at radius 2 is 1.71 bits per heavy atom. The summed E-state index contributed by atoms with van der Waals surface area (Å²) in [5.74, 6) is -0.126. The zero-order chi connectivity index (χ0) is 19.1. The van der Waals surface area contributed by atoms with E-state index in [1.807, 2.05) is 0 Å². The van der Waals surface area contributed by atoms with Crippen LogP contribution in [-0.2, 0) is 11.3 Å². The monoisotopic (exact) mass is 408 g/mol. The average Bonchev–Trinajstić information content (AvgIpc) is 2.96. The maximum Gasteiger partial charge on any atom is 0.273 e. The van der Waals surface area contributed by atoms with Gasteiger partial charge in [0.1, 0.15) is 0 Å². The maximum absolute atomic E-state index is 12.4. The summed E-state index contributed by atoms with van der Waals surface area (Å²) < 4.78 is 1.22. The van der Waals surface area contributed by atoms with Crippen LogP contribution in [0.1, 0.15) is 44.9 Å². The molecule has 0 radical (unpaired) electrons. The summed E-state index contributed by atoms with van der Waals surface area (Å²) >= 11 is 0. The van der Waals surface area contributed by atoms with Crippen molar-refractivity contribution in [3.63, 3.8) is 0 Å². The van der Waals surface area contributed by atoms with Crippen LogP contribution in [0.3, 0.4) is 0 Å². The average molecular weight is 409 g/mol. The lowest BCUT2D eigenvalue weighted by molar-refractivity contribution is -0.121. The molecule has 1 amide bonds. The van der Waals surface area contributed by atoms with Gasteiger partial charge in [0.2, 0.25) is 5.91 Å². The van der Waals surface area contributed by atoms with E-state index in [-0.39, 0.29) is 42.4 Å². The zero-order valence-electron chi connectivity index (χ0n) is 16.0. The number of carbonyl (C=O) groups is 1. The van der Waals surface area contributed by atoms with Gasteiger partial charge in [-0.1, -0.05) is 37.8 Å². The molecule has 3 rings (SSSR count). The van der Waals surface area contributed by atoms with Crippen LogP contribution in [0.4, 0.5) is 0 Å². The van der Waals surface area contributed by atoms with Crippen LogP contribution in [0.15, 0.2) is 33.9 Å². The van der Waals surface area contributed by atoms with Crippen LogP contribution in [0.25, 0.3) is 10.8 Å². The van der Waals surface area contributed by atoms with Gasteiger partial charge in [0.05, 0.1) is 17.3 Å². The maximum atomic E-state index is 12.4. The highest BCUT2D eigenvalue weighted by Crippen LogP contribution is 2.16. The highest BCUT2D eigenvalue weighted by atomic mass is 35.5. The minimum absolute atomic E-state index is 0. The van der Waals surface area contributed by atoms with Gasteiger partial charge in [-0.15, -0.1) is 12.4 Å². The van der Waals surface area contributed by atoms with E-state index in [9.17, 15) is 14.4 Å². The first-order valence-electron chi connectivity index (χ1n) is 9.87. The van der Waals surface area contributed by atoms with Gasteiger partial charge in [-0.25, -0.2) is 4.68 Å². The predicted octanol–water partition coefficient (Wildman–Crippen LogP) is 1.93. The number of carbonyl (C=O) groups excluding carboxylic acids is 1. The number of H-pyrrole nitrogens is 1. The third-order valence-corrected chi connectivity index (χ3v) is 5.18. The zero-order valence-corrected chi connectivity index (χ0v) is 16.9. The first kappa shape index (κ1) is 22.2. The number of amides is 1. The van der Waals surface area contributed by atoms with E-state index in [1.54, 1.807) is 24.3 Å². The molecule has 1 fully saturated rings. The van der Waals surface area contributed by atoms with E-state index in [0.29, 0.717) is 23.4 Å². The summed E-state index contributed by atoms with van der Waals surface area (Å²) in [6.45, 7) is 1.47. The molecule has 0 bridgehead atoms. The molecule has 1 aliphatic carbocycles.